The van der Waals surface area contributed by atoms with Gasteiger partial charge in [0.05, 0.1) is 23.7 Å². The van der Waals surface area contributed by atoms with Gasteiger partial charge in [-0.15, -0.1) is 0 Å². The standard InChI is InChI=1S/C17H23FN6O/c1-11-15(12(2)23(3)22-11)16(25)19-8-13-4-6-24(7-5-13)17-20-9-14(18)10-21-17/h9-10,13H,4-8H2,1-3H3,(H,19,25). The molecular formula is C17H23FN6O. The molecule has 8 heteroatoms. The molecule has 0 unspecified atom stereocenters. The highest BCUT2D eigenvalue weighted by molar-refractivity contribution is 5.96. The van der Waals surface area contributed by atoms with Gasteiger partial charge >= 0.3 is 0 Å². The lowest BCUT2D eigenvalue weighted by molar-refractivity contribution is 0.0943. The number of carbonyl (C=O) groups excluding carboxylic acids is 1. The van der Waals surface area contributed by atoms with Gasteiger partial charge in [0.25, 0.3) is 5.91 Å². The number of hydrogen-bond acceptors (Lipinski definition) is 5. The van der Waals surface area contributed by atoms with Gasteiger partial charge in [0.15, 0.2) is 5.82 Å². The van der Waals surface area contributed by atoms with E-state index in [0.717, 1.165) is 37.3 Å². The van der Waals surface area contributed by atoms with Crippen molar-refractivity contribution in [1.29, 1.82) is 0 Å². The van der Waals surface area contributed by atoms with E-state index < -0.39 is 5.82 Å². The van der Waals surface area contributed by atoms with E-state index in [-0.39, 0.29) is 5.91 Å². The number of hydrogen-bond donors (Lipinski definition) is 1. The van der Waals surface area contributed by atoms with Crippen LogP contribution in [0.2, 0.25) is 0 Å². The summed E-state index contributed by atoms with van der Waals surface area (Å²) in [4.78, 5) is 22.5. The number of piperidine rings is 1. The number of nitrogens with zero attached hydrogens (tertiary/aromatic N) is 5. The summed E-state index contributed by atoms with van der Waals surface area (Å²) in [6.45, 7) is 6.00. The van der Waals surface area contributed by atoms with Crippen molar-refractivity contribution in [3.05, 3.63) is 35.2 Å². The Labute approximate surface area is 146 Å². The average Bonchev–Trinajstić information content (AvgIpc) is 2.86. The number of halogens is 1. The van der Waals surface area contributed by atoms with E-state index in [0.29, 0.717) is 24.0 Å². The fraction of sp³-hybridized carbons (Fsp3) is 0.529. The van der Waals surface area contributed by atoms with Gasteiger partial charge in [-0.3, -0.25) is 9.48 Å². The summed E-state index contributed by atoms with van der Waals surface area (Å²) in [6.07, 6.45) is 4.25. The zero-order valence-corrected chi connectivity index (χ0v) is 14.8. The first-order valence-electron chi connectivity index (χ1n) is 8.46. The molecule has 1 amide bonds. The Kier molecular flexibility index (Phi) is 4.96. The number of rotatable bonds is 4. The van der Waals surface area contributed by atoms with E-state index in [1.807, 2.05) is 25.8 Å². The molecule has 1 saturated heterocycles. The van der Waals surface area contributed by atoms with Crippen molar-refractivity contribution >= 4 is 11.9 Å². The van der Waals surface area contributed by atoms with E-state index >= 15 is 0 Å². The fourth-order valence-electron chi connectivity index (χ4n) is 3.23. The van der Waals surface area contributed by atoms with Crippen LogP contribution in [0.5, 0.6) is 0 Å². The second-order valence-electron chi connectivity index (χ2n) is 6.51. The van der Waals surface area contributed by atoms with Gasteiger partial charge < -0.3 is 10.2 Å². The molecule has 3 heterocycles. The Bertz CT molecular complexity index is 749. The highest BCUT2D eigenvalue weighted by Crippen LogP contribution is 2.20. The van der Waals surface area contributed by atoms with Gasteiger partial charge in [0.2, 0.25) is 5.95 Å². The lowest BCUT2D eigenvalue weighted by Crippen LogP contribution is -2.39. The third-order valence-corrected chi connectivity index (χ3v) is 4.79. The topological polar surface area (TPSA) is 75.9 Å². The maximum atomic E-state index is 12.9. The predicted molar refractivity (Wildman–Crippen MR) is 91.9 cm³/mol. The van der Waals surface area contributed by atoms with Crippen molar-refractivity contribution in [1.82, 2.24) is 25.1 Å². The van der Waals surface area contributed by atoms with Crippen molar-refractivity contribution in [3.8, 4) is 0 Å². The number of aromatic nitrogens is 4. The summed E-state index contributed by atoms with van der Waals surface area (Å²) in [5.74, 6) is 0.484. The SMILES string of the molecule is Cc1nn(C)c(C)c1C(=O)NCC1CCN(c2ncc(F)cn2)CC1. The van der Waals surface area contributed by atoms with Crippen molar-refractivity contribution in [2.45, 2.75) is 26.7 Å². The van der Waals surface area contributed by atoms with Crippen molar-refractivity contribution < 1.29 is 9.18 Å². The molecule has 2 aromatic heterocycles. The molecule has 3 rings (SSSR count). The molecule has 25 heavy (non-hydrogen) atoms. The van der Waals surface area contributed by atoms with Gasteiger partial charge in [0, 0.05) is 32.4 Å². The third-order valence-electron chi connectivity index (χ3n) is 4.79. The summed E-state index contributed by atoms with van der Waals surface area (Å²) in [6, 6.07) is 0. The Hall–Kier alpha value is -2.51. The number of amides is 1. The molecule has 1 aliphatic heterocycles. The molecule has 0 bridgehead atoms. The zero-order valence-electron chi connectivity index (χ0n) is 14.8. The molecule has 7 nitrogen and oxygen atoms in total. The van der Waals surface area contributed by atoms with Gasteiger partial charge in [-0.25, -0.2) is 14.4 Å². The highest BCUT2D eigenvalue weighted by atomic mass is 19.1. The Balaban J connectivity index is 1.51. The molecule has 2 aromatic rings. The second-order valence-corrected chi connectivity index (χ2v) is 6.51. The van der Waals surface area contributed by atoms with Crippen LogP contribution in [0.1, 0.15) is 34.6 Å². The Morgan fingerprint density at radius 2 is 1.92 bits per heavy atom. The first-order chi connectivity index (χ1) is 12.0. The first-order valence-corrected chi connectivity index (χ1v) is 8.46. The number of aryl methyl sites for hydroxylation is 2. The maximum Gasteiger partial charge on any atom is 0.255 e. The lowest BCUT2D eigenvalue weighted by atomic mass is 9.97. The quantitative estimate of drug-likeness (QED) is 0.910. The molecular weight excluding hydrogens is 323 g/mol. The molecule has 134 valence electrons. The summed E-state index contributed by atoms with van der Waals surface area (Å²) < 4.78 is 14.6. The van der Waals surface area contributed by atoms with Crippen LogP contribution in [0.25, 0.3) is 0 Å². The van der Waals surface area contributed by atoms with Crippen LogP contribution in [-0.2, 0) is 7.05 Å². The van der Waals surface area contributed by atoms with Crippen LogP contribution >= 0.6 is 0 Å². The largest absolute Gasteiger partial charge is 0.352 e. The number of nitrogens with one attached hydrogen (secondary N) is 1. The summed E-state index contributed by atoms with van der Waals surface area (Å²) in [5, 5.41) is 7.32. The van der Waals surface area contributed by atoms with Crippen LogP contribution < -0.4 is 10.2 Å². The highest BCUT2D eigenvalue weighted by Gasteiger charge is 2.23. The number of carbonyl (C=O) groups is 1. The minimum atomic E-state index is -0.428. The Morgan fingerprint density at radius 3 is 2.48 bits per heavy atom. The summed E-state index contributed by atoms with van der Waals surface area (Å²) in [7, 11) is 1.84. The van der Waals surface area contributed by atoms with Crippen LogP contribution in [0.15, 0.2) is 12.4 Å². The van der Waals surface area contributed by atoms with Crippen molar-refractivity contribution in [2.75, 3.05) is 24.5 Å². The molecule has 0 radical (unpaired) electrons. The summed E-state index contributed by atoms with van der Waals surface area (Å²) in [5.41, 5.74) is 2.29. The van der Waals surface area contributed by atoms with E-state index in [9.17, 15) is 9.18 Å². The van der Waals surface area contributed by atoms with Gasteiger partial charge in [0.1, 0.15) is 0 Å². The molecule has 1 fully saturated rings. The van der Waals surface area contributed by atoms with E-state index in [1.54, 1.807) is 4.68 Å². The molecule has 0 aromatic carbocycles. The van der Waals surface area contributed by atoms with E-state index in [2.05, 4.69) is 20.4 Å². The van der Waals surface area contributed by atoms with Gasteiger partial charge in [-0.2, -0.15) is 5.10 Å². The monoisotopic (exact) mass is 346 g/mol. The summed E-state index contributed by atoms with van der Waals surface area (Å²) >= 11 is 0. The smallest absolute Gasteiger partial charge is 0.255 e. The molecule has 1 aliphatic rings. The Morgan fingerprint density at radius 1 is 1.28 bits per heavy atom. The second kappa shape index (κ2) is 7.16. The predicted octanol–water partition coefficient (Wildman–Crippen LogP) is 1.61. The van der Waals surface area contributed by atoms with Gasteiger partial charge in [-0.05, 0) is 32.6 Å². The van der Waals surface area contributed by atoms with E-state index in [4.69, 9.17) is 0 Å². The molecule has 0 spiro atoms. The molecule has 0 saturated carbocycles. The molecule has 1 N–H and O–H groups in total. The van der Waals surface area contributed by atoms with Gasteiger partial charge in [-0.1, -0.05) is 0 Å². The maximum absolute atomic E-state index is 12.9. The van der Waals surface area contributed by atoms with Crippen LogP contribution in [0.3, 0.4) is 0 Å². The van der Waals surface area contributed by atoms with E-state index in [1.165, 1.54) is 12.4 Å². The normalized spacial score (nSPS) is 15.4. The van der Waals surface area contributed by atoms with Crippen LogP contribution in [-0.4, -0.2) is 45.3 Å². The number of anilines is 1. The zero-order chi connectivity index (χ0) is 18.0. The van der Waals surface area contributed by atoms with Crippen molar-refractivity contribution in [3.63, 3.8) is 0 Å². The molecule has 0 atom stereocenters. The third kappa shape index (κ3) is 3.78. The minimum Gasteiger partial charge on any atom is -0.352 e. The first kappa shape index (κ1) is 17.3. The molecule has 0 aliphatic carbocycles. The van der Waals surface area contributed by atoms with Crippen LogP contribution in [0, 0.1) is 25.6 Å². The minimum absolute atomic E-state index is 0.0626. The van der Waals surface area contributed by atoms with Crippen molar-refractivity contribution in [2.24, 2.45) is 13.0 Å². The average molecular weight is 346 g/mol. The fourth-order valence-corrected chi connectivity index (χ4v) is 3.23. The lowest BCUT2D eigenvalue weighted by Gasteiger charge is -2.31. The van der Waals surface area contributed by atoms with Crippen LogP contribution in [0.4, 0.5) is 10.3 Å².